The molecule has 1 aliphatic rings. The highest BCUT2D eigenvalue weighted by atomic mass is 19.4. The third-order valence-corrected chi connectivity index (χ3v) is 6.08. The fourth-order valence-electron chi connectivity index (χ4n) is 4.01. The molecule has 1 heterocycles. The Morgan fingerprint density at radius 2 is 1.74 bits per heavy atom. The van der Waals surface area contributed by atoms with E-state index in [1.165, 1.54) is 17.0 Å². The van der Waals surface area contributed by atoms with Crippen molar-refractivity contribution in [3.8, 4) is 5.75 Å². The number of benzene rings is 3. The van der Waals surface area contributed by atoms with E-state index >= 15 is 0 Å². The van der Waals surface area contributed by atoms with Crippen molar-refractivity contribution in [1.82, 2.24) is 5.32 Å². The van der Waals surface area contributed by atoms with Crippen LogP contribution < -0.4 is 20.3 Å². The van der Waals surface area contributed by atoms with E-state index < -0.39 is 30.2 Å². The van der Waals surface area contributed by atoms with Gasteiger partial charge in [0.2, 0.25) is 11.8 Å². The van der Waals surface area contributed by atoms with Crippen molar-refractivity contribution < 1.29 is 32.3 Å². The number of ether oxygens (including phenoxy) is 1. The van der Waals surface area contributed by atoms with Crippen molar-refractivity contribution in [2.24, 2.45) is 5.92 Å². The van der Waals surface area contributed by atoms with Gasteiger partial charge in [0.15, 0.2) is 6.61 Å². The van der Waals surface area contributed by atoms with Gasteiger partial charge in [0, 0.05) is 30.9 Å². The lowest BCUT2D eigenvalue weighted by molar-refractivity contribution is -0.137. The van der Waals surface area contributed by atoms with Gasteiger partial charge in [0.25, 0.3) is 5.91 Å². The van der Waals surface area contributed by atoms with Gasteiger partial charge < -0.3 is 20.3 Å². The molecule has 1 aliphatic heterocycles. The molecule has 0 saturated carbocycles. The summed E-state index contributed by atoms with van der Waals surface area (Å²) < 4.78 is 43.9. The van der Waals surface area contributed by atoms with E-state index in [9.17, 15) is 27.6 Å². The Kier molecular flexibility index (Phi) is 7.99. The molecule has 3 aromatic rings. The Labute approximate surface area is 217 Å². The summed E-state index contributed by atoms with van der Waals surface area (Å²) in [5.74, 6) is -1.11. The normalized spacial score (nSPS) is 15.3. The Hall–Kier alpha value is -4.34. The van der Waals surface area contributed by atoms with Crippen LogP contribution in [-0.2, 0) is 27.1 Å². The molecule has 1 saturated heterocycles. The number of amides is 3. The zero-order valence-electron chi connectivity index (χ0n) is 20.5. The fraction of sp³-hybridized carbons (Fsp3) is 0.250. The molecule has 0 bridgehead atoms. The minimum atomic E-state index is -4.51. The summed E-state index contributed by atoms with van der Waals surface area (Å²) in [5, 5.41) is 5.26. The van der Waals surface area contributed by atoms with Crippen LogP contribution in [0.25, 0.3) is 0 Å². The second kappa shape index (κ2) is 11.4. The number of aryl methyl sites for hydroxylation is 1. The van der Waals surface area contributed by atoms with Gasteiger partial charge in [0.05, 0.1) is 11.5 Å². The SMILES string of the molecule is Cc1ccc(CNC(=O)[C@H]2CC(=O)N(c3ccc(OCC(=O)Nc4cccc(C(F)(F)F)c4)cc3)C2)cc1. The number of nitrogens with zero attached hydrogens (tertiary/aromatic N) is 1. The monoisotopic (exact) mass is 525 g/mol. The Bertz CT molecular complexity index is 1310. The molecule has 0 unspecified atom stereocenters. The first kappa shape index (κ1) is 26.7. The molecule has 198 valence electrons. The van der Waals surface area contributed by atoms with E-state index in [2.05, 4.69) is 10.6 Å². The number of carbonyl (C=O) groups is 3. The van der Waals surface area contributed by atoms with Crippen molar-refractivity contribution in [2.45, 2.75) is 26.1 Å². The van der Waals surface area contributed by atoms with Crippen molar-refractivity contribution >= 4 is 29.1 Å². The summed E-state index contributed by atoms with van der Waals surface area (Å²) in [6, 6.07) is 18.6. The Morgan fingerprint density at radius 1 is 1.03 bits per heavy atom. The van der Waals surface area contributed by atoms with Gasteiger partial charge >= 0.3 is 6.18 Å². The summed E-state index contributed by atoms with van der Waals surface area (Å²) in [6.07, 6.45) is -4.41. The van der Waals surface area contributed by atoms with Crippen LogP contribution in [-0.4, -0.2) is 30.9 Å². The maximum absolute atomic E-state index is 12.8. The van der Waals surface area contributed by atoms with Crippen LogP contribution in [0.5, 0.6) is 5.75 Å². The molecule has 3 amide bonds. The molecular formula is C28H26F3N3O4. The molecule has 7 nitrogen and oxygen atoms in total. The Balaban J connectivity index is 1.26. The summed E-state index contributed by atoms with van der Waals surface area (Å²) in [4.78, 5) is 38.8. The first-order valence-electron chi connectivity index (χ1n) is 11.9. The second-order valence-corrected chi connectivity index (χ2v) is 9.02. The molecule has 0 aromatic heterocycles. The molecule has 0 radical (unpaired) electrons. The van der Waals surface area contributed by atoms with Gasteiger partial charge in [-0.2, -0.15) is 13.2 Å². The molecule has 10 heteroatoms. The third-order valence-electron chi connectivity index (χ3n) is 6.08. The van der Waals surface area contributed by atoms with Crippen molar-refractivity contribution in [2.75, 3.05) is 23.4 Å². The number of anilines is 2. The minimum absolute atomic E-state index is 0.00813. The molecule has 38 heavy (non-hydrogen) atoms. The Morgan fingerprint density at radius 3 is 2.42 bits per heavy atom. The fourth-order valence-corrected chi connectivity index (χ4v) is 4.01. The number of hydrogen-bond acceptors (Lipinski definition) is 4. The van der Waals surface area contributed by atoms with Gasteiger partial charge in [-0.05, 0) is 55.0 Å². The van der Waals surface area contributed by atoms with Gasteiger partial charge in [-0.3, -0.25) is 14.4 Å². The van der Waals surface area contributed by atoms with Gasteiger partial charge in [-0.25, -0.2) is 0 Å². The van der Waals surface area contributed by atoms with Crippen LogP contribution in [0.4, 0.5) is 24.5 Å². The van der Waals surface area contributed by atoms with Crippen molar-refractivity contribution in [1.29, 1.82) is 0 Å². The van der Waals surface area contributed by atoms with Crippen molar-refractivity contribution in [3.63, 3.8) is 0 Å². The topological polar surface area (TPSA) is 87.7 Å². The minimum Gasteiger partial charge on any atom is -0.484 e. The highest BCUT2D eigenvalue weighted by Crippen LogP contribution is 2.31. The largest absolute Gasteiger partial charge is 0.484 e. The molecule has 1 fully saturated rings. The van der Waals surface area contributed by atoms with Crippen LogP contribution in [0.3, 0.4) is 0 Å². The highest BCUT2D eigenvalue weighted by Gasteiger charge is 2.35. The van der Waals surface area contributed by atoms with Gasteiger partial charge in [-0.1, -0.05) is 35.9 Å². The number of alkyl halides is 3. The van der Waals surface area contributed by atoms with E-state index in [-0.39, 0.29) is 30.5 Å². The second-order valence-electron chi connectivity index (χ2n) is 9.02. The quantitative estimate of drug-likeness (QED) is 0.446. The first-order valence-corrected chi connectivity index (χ1v) is 11.9. The number of carbonyl (C=O) groups excluding carboxylic acids is 3. The smallest absolute Gasteiger partial charge is 0.416 e. The standard InChI is InChI=1S/C28H26F3N3O4/c1-18-5-7-19(8-6-18)15-32-27(37)20-13-26(36)34(16-20)23-9-11-24(12-10-23)38-17-25(35)33-22-4-2-3-21(14-22)28(29,30)31/h2-12,14,20H,13,15-17H2,1H3,(H,32,37)(H,33,35)/t20-/m0/s1. The summed E-state index contributed by atoms with van der Waals surface area (Å²) in [5.41, 5.74) is 1.84. The average molecular weight is 526 g/mol. The predicted molar refractivity (Wildman–Crippen MR) is 135 cm³/mol. The molecule has 1 atom stereocenters. The lowest BCUT2D eigenvalue weighted by Gasteiger charge is -2.17. The molecule has 2 N–H and O–H groups in total. The molecule has 3 aromatic carbocycles. The van der Waals surface area contributed by atoms with Gasteiger partial charge in [-0.15, -0.1) is 0 Å². The molecule has 4 rings (SSSR count). The van der Waals surface area contributed by atoms with E-state index in [0.29, 0.717) is 18.0 Å². The third kappa shape index (κ3) is 6.90. The summed E-state index contributed by atoms with van der Waals surface area (Å²) in [6.45, 7) is 2.21. The van der Waals surface area contributed by atoms with Crippen LogP contribution in [0, 0.1) is 12.8 Å². The number of halogens is 3. The predicted octanol–water partition coefficient (Wildman–Crippen LogP) is 4.70. The lowest BCUT2D eigenvalue weighted by atomic mass is 10.1. The molecule has 0 spiro atoms. The van der Waals surface area contributed by atoms with E-state index in [4.69, 9.17) is 4.74 Å². The maximum atomic E-state index is 12.8. The van der Waals surface area contributed by atoms with E-state index in [0.717, 1.165) is 23.3 Å². The molecular weight excluding hydrogens is 499 g/mol. The summed E-state index contributed by atoms with van der Waals surface area (Å²) in [7, 11) is 0. The van der Waals surface area contributed by atoms with Crippen LogP contribution in [0.15, 0.2) is 72.8 Å². The van der Waals surface area contributed by atoms with E-state index in [1.54, 1.807) is 24.3 Å². The van der Waals surface area contributed by atoms with Crippen LogP contribution >= 0.6 is 0 Å². The summed E-state index contributed by atoms with van der Waals surface area (Å²) >= 11 is 0. The maximum Gasteiger partial charge on any atom is 0.416 e. The highest BCUT2D eigenvalue weighted by molar-refractivity contribution is 6.00. The number of rotatable bonds is 8. The first-order chi connectivity index (χ1) is 18.1. The zero-order chi connectivity index (χ0) is 27.3. The van der Waals surface area contributed by atoms with Crippen LogP contribution in [0.1, 0.15) is 23.1 Å². The zero-order valence-corrected chi connectivity index (χ0v) is 20.5. The van der Waals surface area contributed by atoms with E-state index in [1.807, 2.05) is 31.2 Å². The molecule has 0 aliphatic carbocycles. The average Bonchev–Trinajstić information content (AvgIpc) is 3.28. The number of hydrogen-bond donors (Lipinski definition) is 2. The lowest BCUT2D eigenvalue weighted by Crippen LogP contribution is -2.32. The van der Waals surface area contributed by atoms with Crippen LogP contribution in [0.2, 0.25) is 0 Å². The van der Waals surface area contributed by atoms with Crippen molar-refractivity contribution in [3.05, 3.63) is 89.5 Å². The number of nitrogens with one attached hydrogen (secondary N) is 2. The van der Waals surface area contributed by atoms with Gasteiger partial charge in [0.1, 0.15) is 5.75 Å².